The Morgan fingerprint density at radius 2 is 2.05 bits per heavy atom. The molecule has 0 aliphatic heterocycles. The summed E-state index contributed by atoms with van der Waals surface area (Å²) in [7, 11) is 0. The highest BCUT2D eigenvalue weighted by molar-refractivity contribution is 7.80. The molecule has 4 heteroatoms. The Bertz CT molecular complexity index is 477. The number of rotatable bonds is 6. The predicted molar refractivity (Wildman–Crippen MR) is 85.4 cm³/mol. The molecule has 0 saturated heterocycles. The molecular formula is C16H22N2OS. The molecule has 1 amide bonds. The van der Waals surface area contributed by atoms with E-state index in [-0.39, 0.29) is 16.4 Å². The predicted octanol–water partition coefficient (Wildman–Crippen LogP) is 2.58. The number of benzene rings is 1. The summed E-state index contributed by atoms with van der Waals surface area (Å²) >= 11 is 5.09. The zero-order valence-electron chi connectivity index (χ0n) is 11.9. The van der Waals surface area contributed by atoms with Crippen LogP contribution in [0.4, 0.5) is 0 Å². The molecule has 0 heterocycles. The average Bonchev–Trinajstić information content (AvgIpc) is 2.41. The third-order valence-corrected chi connectivity index (χ3v) is 4.60. The molecule has 2 rings (SSSR count). The minimum Gasteiger partial charge on any atom is -0.393 e. The van der Waals surface area contributed by atoms with Crippen LogP contribution in [0.5, 0.6) is 0 Å². The largest absolute Gasteiger partial charge is 0.393 e. The molecule has 1 atom stereocenters. The molecule has 108 valence electrons. The first-order chi connectivity index (χ1) is 9.56. The fraction of sp³-hybridized carbons (Fsp3) is 0.500. The van der Waals surface area contributed by atoms with Crippen molar-refractivity contribution < 1.29 is 4.79 Å². The molecule has 0 bridgehead atoms. The molecule has 3 N–H and O–H groups in total. The van der Waals surface area contributed by atoms with E-state index in [0.717, 1.165) is 24.8 Å². The number of carbonyl (C=O) groups is 1. The van der Waals surface area contributed by atoms with Crippen LogP contribution in [0, 0.1) is 5.92 Å². The number of nitrogens with one attached hydrogen (secondary N) is 1. The number of thiocarbonyl (C=S) groups is 1. The standard InChI is InChI=1S/C16H22N2OS/c1-2-16(9-6-10-16)18-15(19)13(14(17)20)11-12-7-4-3-5-8-12/h3-5,7-8,13H,2,6,9-11H2,1H3,(H2,17,20)(H,18,19). The topological polar surface area (TPSA) is 55.1 Å². The van der Waals surface area contributed by atoms with Crippen LogP contribution in [0.25, 0.3) is 0 Å². The van der Waals surface area contributed by atoms with E-state index in [4.69, 9.17) is 18.0 Å². The van der Waals surface area contributed by atoms with Gasteiger partial charge in [-0.05, 0) is 37.7 Å². The average molecular weight is 290 g/mol. The van der Waals surface area contributed by atoms with Gasteiger partial charge in [0.15, 0.2) is 0 Å². The first kappa shape index (κ1) is 15.0. The summed E-state index contributed by atoms with van der Waals surface area (Å²) in [5.41, 5.74) is 6.84. The molecular weight excluding hydrogens is 268 g/mol. The van der Waals surface area contributed by atoms with E-state index in [1.54, 1.807) is 0 Å². The molecule has 1 fully saturated rings. The summed E-state index contributed by atoms with van der Waals surface area (Å²) in [6, 6.07) is 9.88. The number of nitrogens with two attached hydrogens (primary N) is 1. The molecule has 0 aromatic heterocycles. The SMILES string of the molecule is CCC1(NC(=O)C(Cc2ccccc2)C(N)=S)CCC1. The monoisotopic (exact) mass is 290 g/mol. The van der Waals surface area contributed by atoms with Crippen LogP contribution in [0.15, 0.2) is 30.3 Å². The van der Waals surface area contributed by atoms with Gasteiger partial charge in [0, 0.05) is 5.54 Å². The van der Waals surface area contributed by atoms with Crippen molar-refractivity contribution in [2.45, 2.75) is 44.6 Å². The molecule has 1 aliphatic rings. The molecule has 1 saturated carbocycles. The van der Waals surface area contributed by atoms with E-state index >= 15 is 0 Å². The van der Waals surface area contributed by atoms with Crippen LogP contribution >= 0.6 is 12.2 Å². The highest BCUT2D eigenvalue weighted by atomic mass is 32.1. The summed E-state index contributed by atoms with van der Waals surface area (Å²) < 4.78 is 0. The van der Waals surface area contributed by atoms with Gasteiger partial charge in [-0.25, -0.2) is 0 Å². The summed E-state index contributed by atoms with van der Waals surface area (Å²) in [6.45, 7) is 2.12. The second-order valence-electron chi connectivity index (χ2n) is 5.62. The molecule has 0 radical (unpaired) electrons. The fourth-order valence-corrected chi connectivity index (χ4v) is 2.88. The van der Waals surface area contributed by atoms with Gasteiger partial charge in [0.05, 0.1) is 10.9 Å². The quantitative estimate of drug-likeness (QED) is 0.792. The molecule has 20 heavy (non-hydrogen) atoms. The number of carbonyl (C=O) groups excluding carboxylic acids is 1. The third-order valence-electron chi connectivity index (χ3n) is 4.32. The van der Waals surface area contributed by atoms with Crippen molar-refractivity contribution >= 4 is 23.1 Å². The van der Waals surface area contributed by atoms with Crippen LogP contribution in [-0.4, -0.2) is 16.4 Å². The van der Waals surface area contributed by atoms with Gasteiger partial charge in [0.1, 0.15) is 0 Å². The van der Waals surface area contributed by atoms with E-state index in [2.05, 4.69) is 12.2 Å². The van der Waals surface area contributed by atoms with Crippen molar-refractivity contribution in [3.63, 3.8) is 0 Å². The number of amides is 1. The summed E-state index contributed by atoms with van der Waals surface area (Å²) in [5, 5.41) is 3.17. The number of hydrogen-bond donors (Lipinski definition) is 2. The molecule has 3 nitrogen and oxygen atoms in total. The second kappa shape index (κ2) is 6.35. The van der Waals surface area contributed by atoms with Crippen molar-refractivity contribution in [3.8, 4) is 0 Å². The van der Waals surface area contributed by atoms with E-state index < -0.39 is 5.92 Å². The van der Waals surface area contributed by atoms with Crippen LogP contribution < -0.4 is 11.1 Å². The molecule has 1 aromatic rings. The highest BCUT2D eigenvalue weighted by Crippen LogP contribution is 2.34. The van der Waals surface area contributed by atoms with Crippen LogP contribution in [0.2, 0.25) is 0 Å². The van der Waals surface area contributed by atoms with Gasteiger partial charge in [-0.3, -0.25) is 4.79 Å². The Kier molecular flexibility index (Phi) is 4.76. The van der Waals surface area contributed by atoms with Gasteiger partial charge in [-0.2, -0.15) is 0 Å². The zero-order valence-corrected chi connectivity index (χ0v) is 12.7. The van der Waals surface area contributed by atoms with Gasteiger partial charge >= 0.3 is 0 Å². The molecule has 1 aliphatic carbocycles. The maximum atomic E-state index is 12.5. The van der Waals surface area contributed by atoms with Gasteiger partial charge in [0.25, 0.3) is 0 Å². The third kappa shape index (κ3) is 3.37. The van der Waals surface area contributed by atoms with Crippen molar-refractivity contribution in [1.29, 1.82) is 0 Å². The van der Waals surface area contributed by atoms with E-state index in [1.165, 1.54) is 6.42 Å². The first-order valence-electron chi connectivity index (χ1n) is 7.21. The lowest BCUT2D eigenvalue weighted by molar-refractivity contribution is -0.126. The van der Waals surface area contributed by atoms with Crippen LogP contribution in [0.3, 0.4) is 0 Å². The van der Waals surface area contributed by atoms with Crippen molar-refractivity contribution in [2.24, 2.45) is 11.7 Å². The zero-order chi connectivity index (χ0) is 14.6. The Labute approximate surface area is 125 Å². The molecule has 1 aromatic carbocycles. The van der Waals surface area contributed by atoms with E-state index in [0.29, 0.717) is 6.42 Å². The van der Waals surface area contributed by atoms with Gasteiger partial charge in [0.2, 0.25) is 5.91 Å². The Balaban J connectivity index is 2.05. The molecule has 0 spiro atoms. The van der Waals surface area contributed by atoms with Gasteiger partial charge in [-0.15, -0.1) is 0 Å². The Morgan fingerprint density at radius 3 is 2.50 bits per heavy atom. The fourth-order valence-electron chi connectivity index (χ4n) is 2.69. The van der Waals surface area contributed by atoms with Crippen molar-refractivity contribution in [3.05, 3.63) is 35.9 Å². The lowest BCUT2D eigenvalue weighted by Gasteiger charge is -2.42. The molecule has 1 unspecified atom stereocenters. The smallest absolute Gasteiger partial charge is 0.230 e. The van der Waals surface area contributed by atoms with E-state index in [9.17, 15) is 4.79 Å². The van der Waals surface area contributed by atoms with Crippen molar-refractivity contribution in [1.82, 2.24) is 5.32 Å². The minimum atomic E-state index is -0.420. The van der Waals surface area contributed by atoms with Gasteiger partial charge < -0.3 is 11.1 Å². The normalized spacial score (nSPS) is 17.9. The highest BCUT2D eigenvalue weighted by Gasteiger charge is 2.38. The van der Waals surface area contributed by atoms with Crippen LogP contribution in [0.1, 0.15) is 38.2 Å². The van der Waals surface area contributed by atoms with Crippen molar-refractivity contribution in [2.75, 3.05) is 0 Å². The summed E-state index contributed by atoms with van der Waals surface area (Å²) in [6.07, 6.45) is 4.84. The lowest BCUT2D eigenvalue weighted by Crippen LogP contribution is -2.56. The summed E-state index contributed by atoms with van der Waals surface area (Å²) in [5.74, 6) is -0.445. The number of hydrogen-bond acceptors (Lipinski definition) is 2. The van der Waals surface area contributed by atoms with Crippen LogP contribution in [-0.2, 0) is 11.2 Å². The lowest BCUT2D eigenvalue weighted by atomic mass is 9.74. The first-order valence-corrected chi connectivity index (χ1v) is 7.62. The minimum absolute atomic E-state index is 0.0171. The maximum absolute atomic E-state index is 12.5. The van der Waals surface area contributed by atoms with E-state index in [1.807, 2.05) is 30.3 Å². The Hall–Kier alpha value is -1.42. The summed E-state index contributed by atoms with van der Waals surface area (Å²) in [4.78, 5) is 12.8. The second-order valence-corrected chi connectivity index (χ2v) is 6.09. The maximum Gasteiger partial charge on any atom is 0.230 e. The van der Waals surface area contributed by atoms with Gasteiger partial charge in [-0.1, -0.05) is 49.5 Å². The Morgan fingerprint density at radius 1 is 1.40 bits per heavy atom.